The number of hydrogen-bond acceptors (Lipinski definition) is 3. The van der Waals surface area contributed by atoms with Gasteiger partial charge < -0.3 is 9.64 Å². The van der Waals surface area contributed by atoms with E-state index in [1.807, 2.05) is 72.8 Å². The molecule has 1 unspecified atom stereocenters. The van der Waals surface area contributed by atoms with Crippen molar-refractivity contribution in [1.82, 2.24) is 9.88 Å². The SMILES string of the molecule is COc1cccc(C=CC(=O)N(C)C(c2ccccc2)c2ccccn2)c1. The fourth-order valence-corrected chi connectivity index (χ4v) is 2.92. The summed E-state index contributed by atoms with van der Waals surface area (Å²) in [6, 6.07) is 23.0. The van der Waals surface area contributed by atoms with Crippen LogP contribution in [0.15, 0.2) is 85.1 Å². The molecule has 1 aromatic heterocycles. The molecule has 0 aliphatic rings. The van der Waals surface area contributed by atoms with Crippen molar-refractivity contribution in [2.24, 2.45) is 0 Å². The van der Waals surface area contributed by atoms with Gasteiger partial charge in [0, 0.05) is 19.3 Å². The molecule has 0 aliphatic heterocycles. The second-order valence-corrected chi connectivity index (χ2v) is 6.13. The molecular formula is C23H22N2O2. The number of methoxy groups -OCH3 is 1. The van der Waals surface area contributed by atoms with Crippen molar-refractivity contribution in [2.75, 3.05) is 14.2 Å². The van der Waals surface area contributed by atoms with E-state index in [0.717, 1.165) is 22.6 Å². The maximum atomic E-state index is 12.8. The van der Waals surface area contributed by atoms with Gasteiger partial charge in [0.05, 0.1) is 18.8 Å². The number of aromatic nitrogens is 1. The second-order valence-electron chi connectivity index (χ2n) is 6.13. The molecule has 0 N–H and O–H groups in total. The molecule has 0 saturated heterocycles. The van der Waals surface area contributed by atoms with Gasteiger partial charge in [0.25, 0.3) is 0 Å². The van der Waals surface area contributed by atoms with E-state index in [2.05, 4.69) is 4.98 Å². The van der Waals surface area contributed by atoms with Crippen LogP contribution in [-0.2, 0) is 4.79 Å². The quantitative estimate of drug-likeness (QED) is 0.615. The molecule has 136 valence electrons. The Bertz CT molecular complexity index is 868. The number of ether oxygens (including phenoxy) is 1. The van der Waals surface area contributed by atoms with Crippen LogP contribution in [0.2, 0.25) is 0 Å². The topological polar surface area (TPSA) is 42.4 Å². The maximum absolute atomic E-state index is 12.8. The molecular weight excluding hydrogens is 336 g/mol. The highest BCUT2D eigenvalue weighted by atomic mass is 16.5. The van der Waals surface area contributed by atoms with Gasteiger partial charge in [-0.05, 0) is 41.5 Å². The van der Waals surface area contributed by atoms with Gasteiger partial charge >= 0.3 is 0 Å². The molecule has 3 rings (SSSR count). The van der Waals surface area contributed by atoms with Crippen molar-refractivity contribution in [3.63, 3.8) is 0 Å². The first-order valence-electron chi connectivity index (χ1n) is 8.74. The summed E-state index contributed by atoms with van der Waals surface area (Å²) in [6.07, 6.45) is 5.12. The predicted octanol–water partition coefficient (Wildman–Crippen LogP) is 4.35. The Morgan fingerprint density at radius 1 is 1.04 bits per heavy atom. The van der Waals surface area contributed by atoms with E-state index in [9.17, 15) is 4.79 Å². The van der Waals surface area contributed by atoms with Crippen LogP contribution < -0.4 is 4.74 Å². The van der Waals surface area contributed by atoms with E-state index >= 15 is 0 Å². The summed E-state index contributed by atoms with van der Waals surface area (Å²) in [7, 11) is 3.42. The zero-order valence-corrected chi connectivity index (χ0v) is 15.4. The lowest BCUT2D eigenvalue weighted by Crippen LogP contribution is -2.31. The van der Waals surface area contributed by atoms with E-state index in [1.165, 1.54) is 0 Å². The van der Waals surface area contributed by atoms with Crippen molar-refractivity contribution >= 4 is 12.0 Å². The molecule has 3 aromatic rings. The number of rotatable bonds is 6. The van der Waals surface area contributed by atoms with Crippen molar-refractivity contribution in [3.05, 3.63) is 102 Å². The zero-order chi connectivity index (χ0) is 19.1. The first-order chi connectivity index (χ1) is 13.2. The third-order valence-electron chi connectivity index (χ3n) is 4.33. The highest BCUT2D eigenvalue weighted by Gasteiger charge is 2.23. The van der Waals surface area contributed by atoms with Gasteiger partial charge in [-0.1, -0.05) is 48.5 Å². The van der Waals surface area contributed by atoms with Crippen molar-refractivity contribution in [1.29, 1.82) is 0 Å². The van der Waals surface area contributed by atoms with Crippen LogP contribution in [0.1, 0.15) is 22.9 Å². The Morgan fingerprint density at radius 2 is 1.81 bits per heavy atom. The van der Waals surface area contributed by atoms with E-state index in [-0.39, 0.29) is 11.9 Å². The molecule has 1 heterocycles. The average molecular weight is 358 g/mol. The first kappa shape index (κ1) is 18.4. The van der Waals surface area contributed by atoms with E-state index in [0.29, 0.717) is 0 Å². The third-order valence-corrected chi connectivity index (χ3v) is 4.33. The molecule has 0 aliphatic carbocycles. The monoisotopic (exact) mass is 358 g/mol. The van der Waals surface area contributed by atoms with Gasteiger partial charge in [-0.3, -0.25) is 9.78 Å². The Balaban J connectivity index is 1.86. The average Bonchev–Trinajstić information content (AvgIpc) is 2.74. The van der Waals surface area contributed by atoms with Gasteiger partial charge in [0.1, 0.15) is 5.75 Å². The number of benzene rings is 2. The minimum absolute atomic E-state index is 0.0997. The number of nitrogens with zero attached hydrogens (tertiary/aromatic N) is 2. The van der Waals surface area contributed by atoms with Crippen LogP contribution in [0.5, 0.6) is 5.75 Å². The lowest BCUT2D eigenvalue weighted by Gasteiger charge is -2.27. The van der Waals surface area contributed by atoms with E-state index in [1.54, 1.807) is 37.4 Å². The van der Waals surface area contributed by atoms with Gasteiger partial charge in [0.15, 0.2) is 0 Å². The highest BCUT2D eigenvalue weighted by molar-refractivity contribution is 5.92. The number of carbonyl (C=O) groups excluding carboxylic acids is 1. The summed E-state index contributed by atoms with van der Waals surface area (Å²) < 4.78 is 5.23. The van der Waals surface area contributed by atoms with Gasteiger partial charge in [-0.25, -0.2) is 0 Å². The number of hydrogen-bond donors (Lipinski definition) is 0. The summed E-state index contributed by atoms with van der Waals surface area (Å²) in [4.78, 5) is 19.0. The minimum Gasteiger partial charge on any atom is -0.497 e. The summed E-state index contributed by atoms with van der Waals surface area (Å²) >= 11 is 0. The van der Waals surface area contributed by atoms with Gasteiger partial charge in [-0.2, -0.15) is 0 Å². The highest BCUT2D eigenvalue weighted by Crippen LogP contribution is 2.26. The third kappa shape index (κ3) is 4.61. The lowest BCUT2D eigenvalue weighted by molar-refractivity contribution is -0.126. The molecule has 0 saturated carbocycles. The van der Waals surface area contributed by atoms with Gasteiger partial charge in [-0.15, -0.1) is 0 Å². The van der Waals surface area contributed by atoms with Crippen LogP contribution in [0, 0.1) is 0 Å². The summed E-state index contributed by atoms with van der Waals surface area (Å²) in [5, 5.41) is 0. The molecule has 0 radical (unpaired) electrons. The number of pyridine rings is 1. The van der Waals surface area contributed by atoms with Crippen LogP contribution in [0.25, 0.3) is 6.08 Å². The van der Waals surface area contributed by atoms with Crippen LogP contribution >= 0.6 is 0 Å². The zero-order valence-electron chi connectivity index (χ0n) is 15.4. The number of carbonyl (C=O) groups is 1. The van der Waals surface area contributed by atoms with Crippen LogP contribution in [0.4, 0.5) is 0 Å². The van der Waals surface area contributed by atoms with Gasteiger partial charge in [0.2, 0.25) is 5.91 Å². The molecule has 27 heavy (non-hydrogen) atoms. The lowest BCUT2D eigenvalue weighted by atomic mass is 10.0. The summed E-state index contributed by atoms with van der Waals surface area (Å²) in [6.45, 7) is 0. The molecule has 1 atom stereocenters. The van der Waals surface area contributed by atoms with E-state index in [4.69, 9.17) is 4.74 Å². The van der Waals surface area contributed by atoms with Crippen molar-refractivity contribution in [2.45, 2.75) is 6.04 Å². The number of likely N-dealkylation sites (N-methyl/N-ethyl adjacent to an activating group) is 1. The van der Waals surface area contributed by atoms with Crippen molar-refractivity contribution < 1.29 is 9.53 Å². The second kappa shape index (κ2) is 8.81. The Morgan fingerprint density at radius 3 is 2.52 bits per heavy atom. The largest absolute Gasteiger partial charge is 0.497 e. The van der Waals surface area contributed by atoms with Crippen molar-refractivity contribution in [3.8, 4) is 5.75 Å². The first-order valence-corrected chi connectivity index (χ1v) is 8.74. The van der Waals surface area contributed by atoms with Crippen LogP contribution in [0.3, 0.4) is 0 Å². The predicted molar refractivity (Wildman–Crippen MR) is 107 cm³/mol. The fraction of sp³-hybridized carbons (Fsp3) is 0.130. The smallest absolute Gasteiger partial charge is 0.247 e. The molecule has 0 fully saturated rings. The molecule has 4 heteroatoms. The molecule has 0 spiro atoms. The molecule has 4 nitrogen and oxygen atoms in total. The Kier molecular flexibility index (Phi) is 6.00. The summed E-state index contributed by atoms with van der Waals surface area (Å²) in [5.74, 6) is 0.658. The standard InChI is InChI=1S/C23H22N2O2/c1-25(22(26)15-14-18-9-8-12-20(17-18)27-2)23(19-10-4-3-5-11-19)21-13-6-7-16-24-21/h3-17,23H,1-2H3. The molecule has 2 aromatic carbocycles. The normalized spacial score (nSPS) is 11.9. The Hall–Kier alpha value is -3.40. The fourth-order valence-electron chi connectivity index (χ4n) is 2.92. The number of amides is 1. The van der Waals surface area contributed by atoms with E-state index < -0.39 is 0 Å². The maximum Gasteiger partial charge on any atom is 0.247 e. The minimum atomic E-state index is -0.255. The molecule has 1 amide bonds. The molecule has 0 bridgehead atoms. The van der Waals surface area contributed by atoms with Crippen LogP contribution in [-0.4, -0.2) is 29.9 Å². The Labute approximate surface area is 159 Å². The summed E-state index contributed by atoms with van der Waals surface area (Å²) in [5.41, 5.74) is 2.75.